The summed E-state index contributed by atoms with van der Waals surface area (Å²) in [4.78, 5) is 0. The van der Waals surface area contributed by atoms with E-state index in [1.54, 1.807) is 0 Å². The summed E-state index contributed by atoms with van der Waals surface area (Å²) in [6.07, 6.45) is 5.04. The van der Waals surface area contributed by atoms with Gasteiger partial charge in [-0.1, -0.05) is 18.9 Å². The Kier molecular flexibility index (Phi) is 4.59. The molecule has 0 unspecified atom stereocenters. The van der Waals surface area contributed by atoms with Crippen LogP contribution in [0.4, 0.5) is 13.2 Å². The Hall–Kier alpha value is -0.510. The van der Waals surface area contributed by atoms with Crippen molar-refractivity contribution in [3.63, 3.8) is 0 Å². The fraction of sp³-hybridized carbons (Fsp3) is 0.867. The van der Waals surface area contributed by atoms with Crippen LogP contribution in [0.3, 0.4) is 0 Å². The number of halogens is 3. The summed E-state index contributed by atoms with van der Waals surface area (Å²) in [5.41, 5.74) is 0.0480. The van der Waals surface area contributed by atoms with Crippen molar-refractivity contribution < 1.29 is 18.3 Å². The molecule has 1 N–H and O–H groups in total. The average molecular weight is 276 g/mol. The fourth-order valence-corrected chi connectivity index (χ4v) is 3.36. The molecule has 4 heteroatoms. The molecule has 0 spiro atoms. The highest BCUT2D eigenvalue weighted by atomic mass is 19.4. The third-order valence-electron chi connectivity index (χ3n) is 4.66. The summed E-state index contributed by atoms with van der Waals surface area (Å²) in [5.74, 6) is -1.22. The number of aliphatic hydroxyl groups is 1. The lowest BCUT2D eigenvalue weighted by Crippen LogP contribution is -2.39. The first-order valence-electron chi connectivity index (χ1n) is 7.40. The molecule has 110 valence electrons. The minimum atomic E-state index is -4.10. The number of allylic oxidation sites excluding steroid dienone is 1. The zero-order chi connectivity index (χ0) is 13.9. The topological polar surface area (TPSA) is 20.2 Å². The second-order valence-corrected chi connectivity index (χ2v) is 6.03. The first-order chi connectivity index (χ1) is 8.92. The molecule has 19 heavy (non-hydrogen) atoms. The summed E-state index contributed by atoms with van der Waals surface area (Å²) in [5, 5.41) is 10.7. The zero-order valence-electron chi connectivity index (χ0n) is 11.3. The van der Waals surface area contributed by atoms with Gasteiger partial charge in [-0.05, 0) is 56.9 Å². The Bertz CT molecular complexity index is 325. The molecular weight excluding hydrogens is 253 g/mol. The molecule has 0 aromatic carbocycles. The molecule has 0 saturated heterocycles. The van der Waals surface area contributed by atoms with Crippen molar-refractivity contribution >= 4 is 0 Å². The van der Waals surface area contributed by atoms with Crippen LogP contribution in [0, 0.1) is 5.92 Å². The van der Waals surface area contributed by atoms with Crippen LogP contribution >= 0.6 is 0 Å². The maximum atomic E-state index is 12.7. The van der Waals surface area contributed by atoms with Crippen LogP contribution in [0.15, 0.2) is 11.6 Å². The Morgan fingerprint density at radius 3 is 2.32 bits per heavy atom. The van der Waals surface area contributed by atoms with Gasteiger partial charge in [0.25, 0.3) is 0 Å². The molecule has 0 radical (unpaired) electrons. The molecule has 2 rings (SSSR count). The molecule has 0 bridgehead atoms. The summed E-state index contributed by atoms with van der Waals surface area (Å²) in [6.45, 7) is 0. The van der Waals surface area contributed by atoms with Gasteiger partial charge in [-0.25, -0.2) is 0 Å². The van der Waals surface area contributed by atoms with Gasteiger partial charge in [0.1, 0.15) is 0 Å². The van der Waals surface area contributed by atoms with Crippen LogP contribution in [0.25, 0.3) is 0 Å². The molecule has 0 aromatic rings. The quantitative estimate of drug-likeness (QED) is 0.685. The first-order valence-corrected chi connectivity index (χ1v) is 7.40. The van der Waals surface area contributed by atoms with Crippen molar-refractivity contribution in [3.05, 3.63) is 11.6 Å². The Morgan fingerprint density at radius 2 is 1.68 bits per heavy atom. The molecule has 2 aliphatic carbocycles. The van der Waals surface area contributed by atoms with Gasteiger partial charge in [0.05, 0.1) is 11.5 Å². The predicted octanol–water partition coefficient (Wildman–Crippen LogP) is 4.75. The summed E-state index contributed by atoms with van der Waals surface area (Å²) in [6, 6.07) is 0. The van der Waals surface area contributed by atoms with Crippen LogP contribution in [-0.2, 0) is 0 Å². The first kappa shape index (κ1) is 14.9. The monoisotopic (exact) mass is 276 g/mol. The molecule has 0 heterocycles. The highest BCUT2D eigenvalue weighted by molar-refractivity contribution is 5.18. The molecule has 1 nitrogen and oxygen atoms in total. The van der Waals surface area contributed by atoms with Gasteiger partial charge in [0, 0.05) is 0 Å². The van der Waals surface area contributed by atoms with E-state index in [4.69, 9.17) is 0 Å². The van der Waals surface area contributed by atoms with Gasteiger partial charge >= 0.3 is 6.18 Å². The van der Waals surface area contributed by atoms with Crippen molar-refractivity contribution in [3.8, 4) is 0 Å². The molecule has 1 saturated carbocycles. The summed E-state index contributed by atoms with van der Waals surface area (Å²) >= 11 is 0. The Balaban J connectivity index is 2.00. The zero-order valence-corrected chi connectivity index (χ0v) is 11.3. The number of rotatable bonds is 1. The third kappa shape index (κ3) is 3.74. The van der Waals surface area contributed by atoms with Crippen molar-refractivity contribution in [2.75, 3.05) is 0 Å². The number of alkyl halides is 3. The maximum Gasteiger partial charge on any atom is 0.391 e. The van der Waals surface area contributed by atoms with Crippen LogP contribution in [-0.4, -0.2) is 16.9 Å². The molecular formula is C15H23F3O. The molecule has 2 aliphatic rings. The van der Waals surface area contributed by atoms with E-state index >= 15 is 0 Å². The van der Waals surface area contributed by atoms with Crippen molar-refractivity contribution in [2.24, 2.45) is 5.92 Å². The van der Waals surface area contributed by atoms with Gasteiger partial charge < -0.3 is 5.11 Å². The molecule has 1 fully saturated rings. The lowest BCUT2D eigenvalue weighted by atomic mass is 9.73. The smallest absolute Gasteiger partial charge is 0.386 e. The van der Waals surface area contributed by atoms with E-state index in [1.165, 1.54) is 12.8 Å². The van der Waals surface area contributed by atoms with Gasteiger partial charge in [-0.2, -0.15) is 13.2 Å². The lowest BCUT2D eigenvalue weighted by molar-refractivity contribution is -0.190. The SMILES string of the molecule is OC1(C2=CCCCCCC2)CCC(C(F)(F)F)CC1. The Morgan fingerprint density at radius 1 is 1.05 bits per heavy atom. The summed E-state index contributed by atoms with van der Waals surface area (Å²) < 4.78 is 38.0. The van der Waals surface area contributed by atoms with Gasteiger partial charge in [-0.3, -0.25) is 0 Å². The van der Waals surface area contributed by atoms with Gasteiger partial charge in [0.15, 0.2) is 0 Å². The van der Waals surface area contributed by atoms with Crippen molar-refractivity contribution in [1.29, 1.82) is 0 Å². The van der Waals surface area contributed by atoms with E-state index in [2.05, 4.69) is 6.08 Å². The minimum Gasteiger partial charge on any atom is -0.386 e. The molecule has 0 atom stereocenters. The Labute approximate surface area is 112 Å². The van der Waals surface area contributed by atoms with Crippen LogP contribution in [0.5, 0.6) is 0 Å². The maximum absolute atomic E-state index is 12.7. The van der Waals surface area contributed by atoms with E-state index in [1.807, 2.05) is 0 Å². The summed E-state index contributed by atoms with van der Waals surface area (Å²) in [7, 11) is 0. The van der Waals surface area contributed by atoms with Crippen molar-refractivity contribution in [2.45, 2.75) is 76.0 Å². The normalized spacial score (nSPS) is 34.3. The van der Waals surface area contributed by atoms with E-state index in [0.29, 0.717) is 0 Å². The fourth-order valence-electron chi connectivity index (χ4n) is 3.36. The van der Waals surface area contributed by atoms with E-state index in [9.17, 15) is 18.3 Å². The van der Waals surface area contributed by atoms with Crippen LogP contribution in [0.1, 0.15) is 64.2 Å². The van der Waals surface area contributed by atoms with Crippen LogP contribution in [0.2, 0.25) is 0 Å². The van der Waals surface area contributed by atoms with Crippen LogP contribution < -0.4 is 0 Å². The third-order valence-corrected chi connectivity index (χ3v) is 4.66. The number of hydrogen-bond acceptors (Lipinski definition) is 1. The molecule has 0 amide bonds. The average Bonchev–Trinajstić information content (AvgIpc) is 2.27. The largest absolute Gasteiger partial charge is 0.391 e. The second-order valence-electron chi connectivity index (χ2n) is 6.03. The number of hydrogen-bond donors (Lipinski definition) is 1. The highest BCUT2D eigenvalue weighted by Crippen LogP contribution is 2.44. The lowest BCUT2D eigenvalue weighted by Gasteiger charge is -2.39. The van der Waals surface area contributed by atoms with Gasteiger partial charge in [0.2, 0.25) is 0 Å². The second kappa shape index (κ2) is 5.86. The predicted molar refractivity (Wildman–Crippen MR) is 68.7 cm³/mol. The molecule has 0 aliphatic heterocycles. The van der Waals surface area contributed by atoms with E-state index in [0.717, 1.165) is 31.3 Å². The standard InChI is InChI=1S/C15H23F3O/c16-15(17,18)13-8-10-14(19,11-9-13)12-6-4-2-1-3-5-7-12/h6,13,19H,1-5,7-11H2. The van der Waals surface area contributed by atoms with E-state index < -0.39 is 17.7 Å². The molecule has 0 aromatic heterocycles. The van der Waals surface area contributed by atoms with E-state index in [-0.39, 0.29) is 25.7 Å². The van der Waals surface area contributed by atoms with Gasteiger partial charge in [-0.15, -0.1) is 0 Å². The highest BCUT2D eigenvalue weighted by Gasteiger charge is 2.46. The van der Waals surface area contributed by atoms with Crippen molar-refractivity contribution in [1.82, 2.24) is 0 Å². The minimum absolute atomic E-state index is 0.0668.